The summed E-state index contributed by atoms with van der Waals surface area (Å²) >= 11 is 0. The summed E-state index contributed by atoms with van der Waals surface area (Å²) in [5.41, 5.74) is 9.74. The van der Waals surface area contributed by atoms with E-state index in [4.69, 9.17) is 39.9 Å². The molecule has 0 aromatic heterocycles. The Hall–Kier alpha value is -7.60. The lowest BCUT2D eigenvalue weighted by Crippen LogP contribution is -2.51. The van der Waals surface area contributed by atoms with Crippen LogP contribution in [0.5, 0.6) is 11.5 Å². The molecule has 18 heteroatoms. The average Bonchev–Trinajstić information content (AvgIpc) is 3.26. The number of ether oxygens (including phenoxy) is 6. The van der Waals surface area contributed by atoms with Gasteiger partial charge in [-0.2, -0.15) is 0 Å². The van der Waals surface area contributed by atoms with Gasteiger partial charge in [-0.1, -0.05) is 12.1 Å². The average molecular weight is 981 g/mol. The first-order valence-electron chi connectivity index (χ1n) is 22.8. The Morgan fingerprint density at radius 1 is 0.493 bits per heavy atom. The molecule has 2 amide bonds. The number of rotatable bonds is 20. The number of hydrogen-bond donors (Lipinski definition) is 2. The molecule has 0 bridgehead atoms. The van der Waals surface area contributed by atoms with E-state index in [1.54, 1.807) is 62.3 Å². The van der Waals surface area contributed by atoms with Crippen molar-refractivity contribution in [3.05, 3.63) is 119 Å². The molecule has 0 aliphatic heterocycles. The van der Waals surface area contributed by atoms with Crippen molar-refractivity contribution in [2.45, 2.75) is 111 Å². The number of benzene rings is 4. The number of amides is 2. The Morgan fingerprint density at radius 3 is 1.21 bits per heavy atom. The van der Waals surface area contributed by atoms with E-state index in [1.165, 1.54) is 104 Å². The molecule has 4 N–H and O–H groups in total. The van der Waals surface area contributed by atoms with Crippen molar-refractivity contribution >= 4 is 58.8 Å². The number of anilines is 2. The summed E-state index contributed by atoms with van der Waals surface area (Å²) < 4.78 is 34.1. The van der Waals surface area contributed by atoms with Gasteiger partial charge in [0.25, 0.3) is 11.8 Å². The van der Waals surface area contributed by atoms with Crippen molar-refractivity contribution in [3.8, 4) is 11.5 Å². The minimum absolute atomic E-state index is 0.00445. The zero-order chi connectivity index (χ0) is 52.8. The first kappa shape index (κ1) is 56.0. The number of carbonyl (C=O) groups is 8. The molecule has 0 heterocycles. The predicted octanol–water partition coefficient (Wildman–Crippen LogP) is 7.02. The van der Waals surface area contributed by atoms with Crippen LogP contribution < -0.4 is 20.9 Å². The van der Waals surface area contributed by atoms with Crippen molar-refractivity contribution < 1.29 is 66.8 Å². The zero-order valence-electron chi connectivity index (χ0n) is 41.9. The third-order valence-electron chi connectivity index (χ3n) is 9.72. The van der Waals surface area contributed by atoms with Crippen molar-refractivity contribution in [3.63, 3.8) is 0 Å². The van der Waals surface area contributed by atoms with Crippen LogP contribution in [0.15, 0.2) is 97.1 Å². The molecule has 71 heavy (non-hydrogen) atoms. The van der Waals surface area contributed by atoms with Crippen LogP contribution in [-0.4, -0.2) is 112 Å². The highest BCUT2D eigenvalue weighted by atomic mass is 16.6. The third kappa shape index (κ3) is 18.3. The van der Waals surface area contributed by atoms with E-state index in [9.17, 15) is 38.4 Å². The number of nitrogens with zero attached hydrogens (tertiary/aromatic N) is 2. The fraction of sp³-hybridized carbons (Fsp3) is 0.396. The summed E-state index contributed by atoms with van der Waals surface area (Å²) in [6, 6.07) is 20.4. The second kappa shape index (κ2) is 24.3. The Bertz CT molecular complexity index is 2560. The predicted molar refractivity (Wildman–Crippen MR) is 262 cm³/mol. The topological polar surface area (TPSA) is 250 Å². The number of esters is 5. The van der Waals surface area contributed by atoms with Crippen LogP contribution in [0.25, 0.3) is 0 Å². The van der Waals surface area contributed by atoms with Crippen LogP contribution in [0.2, 0.25) is 0 Å². The highest BCUT2D eigenvalue weighted by Gasteiger charge is 2.38. The van der Waals surface area contributed by atoms with Gasteiger partial charge < -0.3 is 49.7 Å². The summed E-state index contributed by atoms with van der Waals surface area (Å²) in [5, 5.41) is 0. The van der Waals surface area contributed by atoms with E-state index < -0.39 is 89.2 Å². The van der Waals surface area contributed by atoms with Crippen LogP contribution in [0.4, 0.5) is 11.4 Å². The Balaban J connectivity index is 1.67. The molecule has 0 saturated heterocycles. The lowest BCUT2D eigenvalue weighted by atomic mass is 10.1. The normalized spacial score (nSPS) is 12.4. The van der Waals surface area contributed by atoms with Gasteiger partial charge in [-0.05, 0) is 154 Å². The van der Waals surface area contributed by atoms with Crippen LogP contribution in [0.1, 0.15) is 124 Å². The fourth-order valence-electron chi connectivity index (χ4n) is 6.71. The Labute approximate surface area is 413 Å². The highest BCUT2D eigenvalue weighted by molar-refractivity contribution is 6.00. The van der Waals surface area contributed by atoms with E-state index in [1.807, 2.05) is 0 Å². The van der Waals surface area contributed by atoms with Crippen LogP contribution in [0.3, 0.4) is 0 Å². The zero-order valence-corrected chi connectivity index (χ0v) is 41.9. The number of Topliss-reactive ketones (excluding diaryl/α,β-unsaturated/α-hetero) is 1. The van der Waals surface area contributed by atoms with Gasteiger partial charge in [-0.15, -0.1) is 0 Å². The molecule has 380 valence electrons. The monoisotopic (exact) mass is 980 g/mol. The van der Waals surface area contributed by atoms with Gasteiger partial charge >= 0.3 is 29.8 Å². The molecular formula is C53H64N4O14. The lowest BCUT2D eigenvalue weighted by Gasteiger charge is -2.33. The molecule has 4 aromatic carbocycles. The van der Waals surface area contributed by atoms with Crippen LogP contribution >= 0.6 is 0 Å². The molecule has 0 fully saturated rings. The highest BCUT2D eigenvalue weighted by Crippen LogP contribution is 2.24. The van der Waals surface area contributed by atoms with Crippen molar-refractivity contribution in [2.75, 3.05) is 37.8 Å². The molecule has 4 rings (SSSR count). The Morgan fingerprint density at radius 2 is 0.859 bits per heavy atom. The maximum atomic E-state index is 14.6. The van der Waals surface area contributed by atoms with Crippen molar-refractivity contribution in [1.29, 1.82) is 0 Å². The first-order valence-corrected chi connectivity index (χ1v) is 22.8. The number of ketones is 1. The summed E-state index contributed by atoms with van der Waals surface area (Å²) in [5.74, 6) is -6.00. The summed E-state index contributed by atoms with van der Waals surface area (Å²) in [6.45, 7) is 14.7. The summed E-state index contributed by atoms with van der Waals surface area (Å²) in [4.78, 5) is 111. The van der Waals surface area contributed by atoms with Gasteiger partial charge in [0.1, 0.15) is 46.2 Å². The van der Waals surface area contributed by atoms with Gasteiger partial charge in [0, 0.05) is 42.0 Å². The number of nitrogens with two attached hydrogens (primary N) is 2. The lowest BCUT2D eigenvalue weighted by molar-refractivity contribution is -0.167. The molecule has 18 nitrogen and oxygen atoms in total. The molecule has 0 radical (unpaired) electrons. The molecule has 0 saturated carbocycles. The molecule has 2 atom stereocenters. The molecule has 0 aliphatic rings. The molecule has 0 aliphatic carbocycles. The van der Waals surface area contributed by atoms with E-state index >= 15 is 0 Å². The van der Waals surface area contributed by atoms with Crippen molar-refractivity contribution in [2.24, 2.45) is 0 Å². The SMILES string of the molecule is CC(=O)C[C@@H](C(=O)OC(C)(C)C)N(CCOCCN(C(=O)c1cccc(OC(=O)c2ccc(N)cc2)c1)[C@@H](CC(=O)OC(C)(C)C)C(=O)OC(C)(C)C)C(=O)c1cccc(OC(=O)c2ccc(N)cc2)c1. The molecule has 4 aromatic rings. The van der Waals surface area contributed by atoms with Gasteiger partial charge in [0.15, 0.2) is 0 Å². The van der Waals surface area contributed by atoms with Crippen LogP contribution in [-0.2, 0) is 38.1 Å². The number of carbonyl (C=O) groups excluding carboxylic acids is 8. The molecule has 0 unspecified atom stereocenters. The number of hydrogen-bond acceptors (Lipinski definition) is 16. The smallest absolute Gasteiger partial charge is 0.343 e. The quantitative estimate of drug-likeness (QED) is 0.0297. The van der Waals surface area contributed by atoms with E-state index in [0.29, 0.717) is 11.4 Å². The summed E-state index contributed by atoms with van der Waals surface area (Å²) in [6.07, 6.45) is -1.05. The van der Waals surface area contributed by atoms with E-state index in [0.717, 1.165) is 9.80 Å². The van der Waals surface area contributed by atoms with Gasteiger partial charge in [0.2, 0.25) is 0 Å². The molecule has 0 spiro atoms. The number of nitrogen functional groups attached to an aromatic ring is 2. The van der Waals surface area contributed by atoms with Gasteiger partial charge in [-0.25, -0.2) is 19.2 Å². The molecular weight excluding hydrogens is 917 g/mol. The largest absolute Gasteiger partial charge is 0.460 e. The van der Waals surface area contributed by atoms with Crippen molar-refractivity contribution in [1.82, 2.24) is 9.80 Å². The first-order chi connectivity index (χ1) is 33.1. The minimum atomic E-state index is -1.56. The van der Waals surface area contributed by atoms with E-state index in [-0.39, 0.29) is 60.1 Å². The standard InChI is InChI=1S/C53H64N4O14/c1-33(58)29-42(49(64)70-52(5,6)7)56(45(60)36-13-11-15-40(30-36)67-47(62)34-17-21-38(54)22-18-34)25-27-66-28-26-57(43(50(65)71-53(8,9)10)32-44(59)69-51(2,3)4)46(61)37-14-12-16-41(31-37)68-48(63)35-19-23-39(55)24-20-35/h11-24,30-31,42-43H,25-29,32,54-55H2,1-10H3/t42-,43-/m0/s1. The second-order valence-corrected chi connectivity index (χ2v) is 19.5. The fourth-order valence-corrected chi connectivity index (χ4v) is 6.71. The maximum Gasteiger partial charge on any atom is 0.343 e. The summed E-state index contributed by atoms with van der Waals surface area (Å²) in [7, 11) is 0. The van der Waals surface area contributed by atoms with Crippen LogP contribution in [0, 0.1) is 0 Å². The minimum Gasteiger partial charge on any atom is -0.460 e. The van der Waals surface area contributed by atoms with Gasteiger partial charge in [0.05, 0.1) is 30.8 Å². The Kier molecular flexibility index (Phi) is 19.2. The van der Waals surface area contributed by atoms with Gasteiger partial charge in [-0.3, -0.25) is 19.2 Å². The second-order valence-electron chi connectivity index (χ2n) is 19.5. The maximum absolute atomic E-state index is 14.6. The third-order valence-corrected chi connectivity index (χ3v) is 9.72. The van der Waals surface area contributed by atoms with E-state index in [2.05, 4.69) is 0 Å².